The van der Waals surface area contributed by atoms with Crippen molar-refractivity contribution in [1.82, 2.24) is 9.88 Å². The second-order valence-corrected chi connectivity index (χ2v) is 10.5. The number of nitrogens with zero attached hydrogens (tertiary/aromatic N) is 2. The number of carbonyl (C=O) groups is 2. The Morgan fingerprint density at radius 2 is 1.66 bits per heavy atom. The topological polar surface area (TPSA) is 71.5 Å². The molecule has 7 heteroatoms. The summed E-state index contributed by atoms with van der Waals surface area (Å²) in [4.78, 5) is 32.5. The lowest BCUT2D eigenvalue weighted by molar-refractivity contribution is -0.139. The van der Waals surface area contributed by atoms with Gasteiger partial charge in [-0.15, -0.1) is 11.3 Å². The third-order valence-electron chi connectivity index (χ3n) is 6.85. The number of aromatic nitrogens is 1. The molecule has 1 atom stereocenters. The third-order valence-corrected chi connectivity index (χ3v) is 7.86. The van der Waals surface area contributed by atoms with Crippen LogP contribution in [0.1, 0.15) is 46.7 Å². The molecule has 194 valence electrons. The molecule has 1 aromatic heterocycles. The van der Waals surface area contributed by atoms with Gasteiger partial charge in [-0.1, -0.05) is 66.2 Å². The van der Waals surface area contributed by atoms with Crippen molar-refractivity contribution in [1.29, 1.82) is 0 Å². The summed E-state index contributed by atoms with van der Waals surface area (Å²) >= 11 is 1.51. The highest BCUT2D eigenvalue weighted by molar-refractivity contribution is 7.10. The fraction of sp³-hybridized carbons (Fsp3) is 0.258. The number of benzene rings is 3. The maximum absolute atomic E-state index is 13.1. The van der Waals surface area contributed by atoms with Crippen molar-refractivity contribution < 1.29 is 14.3 Å². The summed E-state index contributed by atoms with van der Waals surface area (Å²) in [5, 5.41) is 5.82. The number of para-hydroxylation sites is 2. The molecule has 0 aliphatic carbocycles. The second kappa shape index (κ2) is 11.6. The minimum absolute atomic E-state index is 0.00116. The van der Waals surface area contributed by atoms with Gasteiger partial charge in [0.25, 0.3) is 11.8 Å². The minimum atomic E-state index is -0.535. The zero-order chi connectivity index (χ0) is 26.5. The number of ether oxygens (including phenoxy) is 1. The van der Waals surface area contributed by atoms with E-state index in [1.807, 2.05) is 64.9 Å². The minimum Gasteiger partial charge on any atom is -0.481 e. The van der Waals surface area contributed by atoms with Crippen LogP contribution in [0, 0.1) is 6.92 Å². The Morgan fingerprint density at radius 3 is 2.39 bits per heavy atom. The van der Waals surface area contributed by atoms with Crippen LogP contribution in [0.4, 0.5) is 5.69 Å². The number of nitrogens with one attached hydrogen (secondary N) is 1. The van der Waals surface area contributed by atoms with Crippen molar-refractivity contribution in [2.24, 2.45) is 0 Å². The van der Waals surface area contributed by atoms with Crippen LogP contribution in [0.15, 0.2) is 84.2 Å². The van der Waals surface area contributed by atoms with E-state index in [4.69, 9.17) is 4.74 Å². The number of aryl methyl sites for hydroxylation is 1. The van der Waals surface area contributed by atoms with E-state index in [1.54, 1.807) is 6.92 Å². The molecule has 1 N–H and O–H groups in total. The van der Waals surface area contributed by atoms with E-state index in [-0.39, 0.29) is 17.7 Å². The lowest BCUT2D eigenvalue weighted by atomic mass is 9.97. The van der Waals surface area contributed by atoms with E-state index < -0.39 is 6.10 Å². The molecule has 0 bridgehead atoms. The Morgan fingerprint density at radius 1 is 0.974 bits per heavy atom. The molecule has 5 rings (SSSR count). The number of thiazole rings is 1. The van der Waals surface area contributed by atoms with Crippen LogP contribution in [0.3, 0.4) is 0 Å². The van der Waals surface area contributed by atoms with Gasteiger partial charge in [-0.2, -0.15) is 0 Å². The molecule has 4 aromatic rings. The third kappa shape index (κ3) is 5.94. The molecule has 6 nitrogen and oxygen atoms in total. The van der Waals surface area contributed by atoms with E-state index in [9.17, 15) is 9.59 Å². The molecule has 38 heavy (non-hydrogen) atoms. The normalized spacial score (nSPS) is 14.6. The summed E-state index contributed by atoms with van der Waals surface area (Å²) in [5.74, 6) is 0.708. The average Bonchev–Trinajstić information content (AvgIpc) is 3.45. The maximum Gasteiger partial charge on any atom is 0.275 e. The Bertz CT molecular complexity index is 1390. The first-order valence-corrected chi connectivity index (χ1v) is 13.8. The van der Waals surface area contributed by atoms with E-state index >= 15 is 0 Å². The van der Waals surface area contributed by atoms with E-state index in [2.05, 4.69) is 41.5 Å². The van der Waals surface area contributed by atoms with E-state index in [0.29, 0.717) is 24.5 Å². The fourth-order valence-electron chi connectivity index (χ4n) is 4.70. The van der Waals surface area contributed by atoms with Crippen LogP contribution < -0.4 is 10.1 Å². The SMILES string of the molecule is Cc1ccc(-c2ccccc2NC(=O)c2csc(C3CCN(C(=O)C(C)Oc4ccccc4)CC3)n2)cc1. The maximum atomic E-state index is 13.1. The lowest BCUT2D eigenvalue weighted by Crippen LogP contribution is -2.44. The summed E-state index contributed by atoms with van der Waals surface area (Å²) in [5.41, 5.74) is 4.39. The van der Waals surface area contributed by atoms with Crippen LogP contribution in [0.25, 0.3) is 11.1 Å². The highest BCUT2D eigenvalue weighted by atomic mass is 32.1. The molecule has 1 unspecified atom stereocenters. The quantitative estimate of drug-likeness (QED) is 0.297. The molecule has 2 heterocycles. The number of hydrogen-bond acceptors (Lipinski definition) is 5. The summed E-state index contributed by atoms with van der Waals surface area (Å²) < 4.78 is 5.82. The fourth-order valence-corrected chi connectivity index (χ4v) is 5.67. The first kappa shape index (κ1) is 25.7. The molecule has 1 saturated heterocycles. The number of hydrogen-bond donors (Lipinski definition) is 1. The van der Waals surface area contributed by atoms with Gasteiger partial charge in [0.05, 0.1) is 5.01 Å². The van der Waals surface area contributed by atoms with Crippen LogP contribution >= 0.6 is 11.3 Å². The molecule has 2 amide bonds. The first-order valence-electron chi connectivity index (χ1n) is 12.9. The van der Waals surface area contributed by atoms with Gasteiger partial charge in [0.1, 0.15) is 11.4 Å². The summed E-state index contributed by atoms with van der Waals surface area (Å²) in [6.07, 6.45) is 1.09. The van der Waals surface area contributed by atoms with Crippen LogP contribution in [-0.2, 0) is 4.79 Å². The molecule has 0 radical (unpaired) electrons. The second-order valence-electron chi connectivity index (χ2n) is 9.61. The molecule has 1 aliphatic heterocycles. The predicted molar refractivity (Wildman–Crippen MR) is 152 cm³/mol. The number of piperidine rings is 1. The highest BCUT2D eigenvalue weighted by Gasteiger charge is 2.29. The van der Waals surface area contributed by atoms with Crippen molar-refractivity contribution in [3.8, 4) is 16.9 Å². The molecular formula is C31H31N3O3S. The van der Waals surface area contributed by atoms with E-state index in [1.165, 1.54) is 16.9 Å². The van der Waals surface area contributed by atoms with Crippen LogP contribution in [-0.4, -0.2) is 40.9 Å². The molecule has 3 aromatic carbocycles. The van der Waals surface area contributed by atoms with Crippen molar-refractivity contribution >= 4 is 28.8 Å². The molecule has 1 aliphatic rings. The molecular weight excluding hydrogens is 494 g/mol. The predicted octanol–water partition coefficient (Wildman–Crippen LogP) is 6.54. The first-order chi connectivity index (χ1) is 18.5. The Balaban J connectivity index is 1.18. The number of anilines is 1. The average molecular weight is 526 g/mol. The highest BCUT2D eigenvalue weighted by Crippen LogP contribution is 2.32. The van der Waals surface area contributed by atoms with Gasteiger partial charge >= 0.3 is 0 Å². The zero-order valence-corrected chi connectivity index (χ0v) is 22.4. The molecule has 0 saturated carbocycles. The van der Waals surface area contributed by atoms with Gasteiger partial charge in [0, 0.05) is 35.6 Å². The smallest absolute Gasteiger partial charge is 0.275 e. The van der Waals surface area contributed by atoms with Gasteiger partial charge < -0.3 is 15.0 Å². The Hall–Kier alpha value is -3.97. The van der Waals surface area contributed by atoms with Crippen LogP contribution in [0.2, 0.25) is 0 Å². The van der Waals surface area contributed by atoms with Gasteiger partial charge in [-0.25, -0.2) is 4.98 Å². The zero-order valence-electron chi connectivity index (χ0n) is 21.6. The van der Waals surface area contributed by atoms with Crippen molar-refractivity contribution in [2.75, 3.05) is 18.4 Å². The van der Waals surface area contributed by atoms with Gasteiger partial charge in [-0.3, -0.25) is 9.59 Å². The molecule has 0 spiro atoms. The summed E-state index contributed by atoms with van der Waals surface area (Å²) in [6.45, 7) is 5.15. The molecule has 1 fully saturated rings. The number of amides is 2. The largest absolute Gasteiger partial charge is 0.481 e. The summed E-state index contributed by atoms with van der Waals surface area (Å²) in [6, 6.07) is 25.5. The van der Waals surface area contributed by atoms with Crippen molar-refractivity contribution in [2.45, 2.75) is 38.7 Å². The van der Waals surface area contributed by atoms with Crippen molar-refractivity contribution in [3.63, 3.8) is 0 Å². The van der Waals surface area contributed by atoms with Gasteiger partial charge in [0.15, 0.2) is 6.10 Å². The summed E-state index contributed by atoms with van der Waals surface area (Å²) in [7, 11) is 0. The number of carbonyl (C=O) groups excluding carboxylic acids is 2. The Labute approximate surface area is 227 Å². The standard InChI is InChI=1S/C31H31N3O3S/c1-21-12-14-23(15-13-21)26-10-6-7-11-27(26)32-29(35)28-20-38-30(33-28)24-16-18-34(19-17-24)31(36)22(2)37-25-8-4-3-5-9-25/h3-15,20,22,24H,16-19H2,1-2H3,(H,32,35). The van der Waals surface area contributed by atoms with Crippen LogP contribution in [0.5, 0.6) is 5.75 Å². The van der Waals surface area contributed by atoms with Gasteiger partial charge in [-0.05, 0) is 50.5 Å². The van der Waals surface area contributed by atoms with Crippen molar-refractivity contribution in [3.05, 3.63) is 101 Å². The Kier molecular flexibility index (Phi) is 7.84. The van der Waals surface area contributed by atoms with E-state index in [0.717, 1.165) is 34.7 Å². The lowest BCUT2D eigenvalue weighted by Gasteiger charge is -2.32. The monoisotopic (exact) mass is 525 g/mol. The number of likely N-dealkylation sites (tertiary alicyclic amines) is 1. The van der Waals surface area contributed by atoms with Gasteiger partial charge in [0.2, 0.25) is 0 Å². The number of rotatable bonds is 7.